The number of aliphatic carboxylic acids is 1. The standard InChI is InChI=1S/C22H18F3NO2/c1-13-6-15(9-18(7-13)26-11-16(12-26)21(27)28)20-10-17(22(23,24)25)8-14-4-2-3-5-19(14)20/h2-10,16H,11-12H2,1H3,(H,27,28). The first kappa shape index (κ1) is 18.3. The number of aryl methyl sites for hydroxylation is 1. The van der Waals surface area contributed by atoms with Crippen LogP contribution in [-0.2, 0) is 11.0 Å². The molecule has 0 atom stereocenters. The van der Waals surface area contributed by atoms with E-state index in [4.69, 9.17) is 5.11 Å². The highest BCUT2D eigenvalue weighted by Gasteiger charge is 2.33. The molecule has 6 heteroatoms. The molecule has 0 radical (unpaired) electrons. The van der Waals surface area contributed by atoms with Gasteiger partial charge in [-0.3, -0.25) is 4.79 Å². The summed E-state index contributed by atoms with van der Waals surface area (Å²) in [6.45, 7) is 2.69. The van der Waals surface area contributed by atoms with Crippen LogP contribution in [0.5, 0.6) is 0 Å². The molecule has 0 spiro atoms. The van der Waals surface area contributed by atoms with Crippen molar-refractivity contribution in [2.45, 2.75) is 13.1 Å². The fourth-order valence-electron chi connectivity index (χ4n) is 3.66. The van der Waals surface area contributed by atoms with E-state index in [-0.39, 0.29) is 0 Å². The van der Waals surface area contributed by atoms with Crippen LogP contribution in [0.2, 0.25) is 0 Å². The number of hydrogen-bond acceptors (Lipinski definition) is 2. The van der Waals surface area contributed by atoms with Gasteiger partial charge >= 0.3 is 12.1 Å². The Labute approximate surface area is 160 Å². The van der Waals surface area contributed by atoms with Gasteiger partial charge in [0.15, 0.2) is 0 Å². The summed E-state index contributed by atoms with van der Waals surface area (Å²) in [6.07, 6.45) is -4.43. The Morgan fingerprint density at radius 1 is 1.07 bits per heavy atom. The Bertz CT molecular complexity index is 1070. The van der Waals surface area contributed by atoms with Gasteiger partial charge in [-0.25, -0.2) is 0 Å². The molecule has 1 saturated heterocycles. The second-order valence-electron chi connectivity index (χ2n) is 7.24. The number of carboxylic acids is 1. The van der Waals surface area contributed by atoms with E-state index < -0.39 is 23.6 Å². The van der Waals surface area contributed by atoms with Gasteiger partial charge in [0.1, 0.15) is 0 Å². The molecule has 0 bridgehead atoms. The van der Waals surface area contributed by atoms with Gasteiger partial charge in [-0.1, -0.05) is 30.3 Å². The first-order chi connectivity index (χ1) is 13.2. The highest BCUT2D eigenvalue weighted by molar-refractivity contribution is 5.98. The largest absolute Gasteiger partial charge is 0.481 e. The van der Waals surface area contributed by atoms with Crippen molar-refractivity contribution in [1.29, 1.82) is 0 Å². The molecule has 1 fully saturated rings. The summed E-state index contributed by atoms with van der Waals surface area (Å²) < 4.78 is 40.3. The monoisotopic (exact) mass is 385 g/mol. The second-order valence-corrected chi connectivity index (χ2v) is 7.24. The molecule has 1 N–H and O–H groups in total. The molecular weight excluding hydrogens is 367 g/mol. The number of carboxylic acid groups (broad SMARTS) is 1. The van der Waals surface area contributed by atoms with Crippen molar-refractivity contribution in [3.8, 4) is 11.1 Å². The zero-order valence-corrected chi connectivity index (χ0v) is 15.1. The number of alkyl halides is 3. The molecule has 144 valence electrons. The molecule has 1 aliphatic rings. The van der Waals surface area contributed by atoms with E-state index in [2.05, 4.69) is 0 Å². The first-order valence-corrected chi connectivity index (χ1v) is 8.92. The second kappa shape index (κ2) is 6.55. The van der Waals surface area contributed by atoms with Crippen LogP contribution in [0, 0.1) is 12.8 Å². The molecule has 3 nitrogen and oxygen atoms in total. The number of rotatable bonds is 3. The van der Waals surface area contributed by atoms with Crippen LogP contribution >= 0.6 is 0 Å². The van der Waals surface area contributed by atoms with Crippen LogP contribution in [-0.4, -0.2) is 24.2 Å². The van der Waals surface area contributed by atoms with Gasteiger partial charge in [0, 0.05) is 18.8 Å². The maximum atomic E-state index is 13.4. The molecule has 0 saturated carbocycles. The summed E-state index contributed by atoms with van der Waals surface area (Å²) in [5.41, 5.74) is 2.27. The van der Waals surface area contributed by atoms with E-state index in [1.54, 1.807) is 12.1 Å². The van der Waals surface area contributed by atoms with Gasteiger partial charge in [0.05, 0.1) is 11.5 Å². The molecule has 0 unspecified atom stereocenters. The lowest BCUT2D eigenvalue weighted by Crippen LogP contribution is -2.50. The Morgan fingerprint density at radius 3 is 2.46 bits per heavy atom. The lowest BCUT2D eigenvalue weighted by atomic mass is 9.93. The fraction of sp³-hybridized carbons (Fsp3) is 0.227. The van der Waals surface area contributed by atoms with E-state index >= 15 is 0 Å². The number of fused-ring (bicyclic) bond motifs is 1. The predicted molar refractivity (Wildman–Crippen MR) is 102 cm³/mol. The number of hydrogen-bond donors (Lipinski definition) is 1. The summed E-state index contributed by atoms with van der Waals surface area (Å²) >= 11 is 0. The summed E-state index contributed by atoms with van der Waals surface area (Å²) in [4.78, 5) is 13.0. The third-order valence-corrected chi connectivity index (χ3v) is 5.16. The van der Waals surface area contributed by atoms with E-state index in [1.165, 1.54) is 12.1 Å². The molecule has 0 aliphatic carbocycles. The minimum absolute atomic E-state index is 0.404. The topological polar surface area (TPSA) is 40.5 Å². The summed E-state index contributed by atoms with van der Waals surface area (Å²) in [6, 6.07) is 15.0. The minimum Gasteiger partial charge on any atom is -0.481 e. The molecule has 1 aliphatic heterocycles. The Kier molecular flexibility index (Phi) is 4.29. The lowest BCUT2D eigenvalue weighted by Gasteiger charge is -2.39. The van der Waals surface area contributed by atoms with Crippen LogP contribution in [0.3, 0.4) is 0 Å². The fourth-order valence-corrected chi connectivity index (χ4v) is 3.66. The molecular formula is C22H18F3NO2. The molecule has 28 heavy (non-hydrogen) atoms. The average Bonchev–Trinajstić information content (AvgIpc) is 2.58. The number of halogens is 3. The van der Waals surface area contributed by atoms with E-state index in [0.717, 1.165) is 16.6 Å². The number of carbonyl (C=O) groups is 1. The van der Waals surface area contributed by atoms with Gasteiger partial charge in [0.2, 0.25) is 0 Å². The van der Waals surface area contributed by atoms with Gasteiger partial charge in [0.25, 0.3) is 0 Å². The maximum absolute atomic E-state index is 13.4. The highest BCUT2D eigenvalue weighted by atomic mass is 19.4. The quantitative estimate of drug-likeness (QED) is 0.660. The number of nitrogens with zero attached hydrogens (tertiary/aromatic N) is 1. The van der Waals surface area contributed by atoms with Crippen molar-refractivity contribution in [1.82, 2.24) is 0 Å². The number of anilines is 1. The third kappa shape index (κ3) is 3.30. The Balaban J connectivity index is 1.83. The normalized spacial score (nSPS) is 14.9. The predicted octanol–water partition coefficient (Wildman–Crippen LogP) is 5.35. The smallest absolute Gasteiger partial charge is 0.416 e. The molecule has 0 aromatic heterocycles. The Morgan fingerprint density at radius 2 is 1.79 bits per heavy atom. The van der Waals surface area contributed by atoms with E-state index in [1.807, 2.05) is 42.2 Å². The van der Waals surface area contributed by atoms with Crippen molar-refractivity contribution in [3.05, 3.63) is 65.7 Å². The molecule has 0 amide bonds. The third-order valence-electron chi connectivity index (χ3n) is 5.16. The van der Waals surface area contributed by atoms with Crippen LogP contribution in [0.25, 0.3) is 21.9 Å². The molecule has 1 heterocycles. The van der Waals surface area contributed by atoms with Gasteiger partial charge in [-0.05, 0) is 58.7 Å². The highest BCUT2D eigenvalue weighted by Crippen LogP contribution is 2.39. The first-order valence-electron chi connectivity index (χ1n) is 8.92. The zero-order chi connectivity index (χ0) is 20.1. The van der Waals surface area contributed by atoms with Gasteiger partial charge < -0.3 is 10.0 Å². The molecule has 4 rings (SSSR count). The minimum atomic E-state index is -4.43. The van der Waals surface area contributed by atoms with Gasteiger partial charge in [-0.15, -0.1) is 0 Å². The van der Waals surface area contributed by atoms with E-state index in [9.17, 15) is 18.0 Å². The average molecular weight is 385 g/mol. The molecule has 3 aromatic rings. The van der Waals surface area contributed by atoms with Crippen LogP contribution in [0.4, 0.5) is 18.9 Å². The summed E-state index contributed by atoms with van der Waals surface area (Å²) in [5, 5.41) is 10.4. The summed E-state index contributed by atoms with van der Waals surface area (Å²) in [7, 11) is 0. The maximum Gasteiger partial charge on any atom is 0.416 e. The van der Waals surface area contributed by atoms with Gasteiger partial charge in [-0.2, -0.15) is 13.2 Å². The van der Waals surface area contributed by atoms with Crippen molar-refractivity contribution >= 4 is 22.4 Å². The lowest BCUT2D eigenvalue weighted by molar-refractivity contribution is -0.142. The Hall–Kier alpha value is -3.02. The van der Waals surface area contributed by atoms with Crippen molar-refractivity contribution in [3.63, 3.8) is 0 Å². The van der Waals surface area contributed by atoms with Crippen molar-refractivity contribution < 1.29 is 23.1 Å². The van der Waals surface area contributed by atoms with Crippen molar-refractivity contribution in [2.24, 2.45) is 5.92 Å². The van der Waals surface area contributed by atoms with Crippen LogP contribution in [0.1, 0.15) is 11.1 Å². The van der Waals surface area contributed by atoms with Crippen molar-refractivity contribution in [2.75, 3.05) is 18.0 Å². The van der Waals surface area contributed by atoms with Crippen LogP contribution in [0.15, 0.2) is 54.6 Å². The SMILES string of the molecule is Cc1cc(-c2cc(C(F)(F)F)cc3ccccc23)cc(N2CC(C(=O)O)C2)c1. The zero-order valence-electron chi connectivity index (χ0n) is 15.1. The summed E-state index contributed by atoms with van der Waals surface area (Å²) in [5.74, 6) is -1.23. The van der Waals surface area contributed by atoms with Crippen LogP contribution < -0.4 is 4.90 Å². The van der Waals surface area contributed by atoms with E-state index in [0.29, 0.717) is 29.6 Å². The number of benzene rings is 3. The molecule has 3 aromatic carbocycles.